The van der Waals surface area contributed by atoms with Gasteiger partial charge in [0.05, 0.1) is 11.9 Å². The van der Waals surface area contributed by atoms with E-state index in [2.05, 4.69) is 35.1 Å². The maximum atomic E-state index is 12.1. The molecule has 2 amide bonds. The number of nitrogens with one attached hydrogen (secondary N) is 3. The van der Waals surface area contributed by atoms with Crippen LogP contribution in [0.15, 0.2) is 42.7 Å². The lowest BCUT2D eigenvalue weighted by Crippen LogP contribution is -2.47. The fourth-order valence-corrected chi connectivity index (χ4v) is 3.94. The van der Waals surface area contributed by atoms with Crippen LogP contribution in [0.2, 0.25) is 0 Å². The van der Waals surface area contributed by atoms with Gasteiger partial charge in [-0.25, -0.2) is 23.2 Å². The fourth-order valence-electron chi connectivity index (χ4n) is 3.34. The van der Waals surface area contributed by atoms with Gasteiger partial charge in [-0.3, -0.25) is 9.62 Å². The fraction of sp³-hybridized carbons (Fsp3) is 0.450. The van der Waals surface area contributed by atoms with Crippen LogP contribution < -0.4 is 20.3 Å². The monoisotopic (exact) mass is 447 g/mol. The number of urea groups is 1. The van der Waals surface area contributed by atoms with Crippen molar-refractivity contribution in [3.8, 4) is 0 Å². The van der Waals surface area contributed by atoms with E-state index < -0.39 is 10.0 Å². The highest BCUT2D eigenvalue weighted by Gasteiger charge is 2.18. The summed E-state index contributed by atoms with van der Waals surface area (Å²) in [5, 5.41) is 5.62. The van der Waals surface area contributed by atoms with Gasteiger partial charge in [0.15, 0.2) is 0 Å². The second kappa shape index (κ2) is 10.9. The lowest BCUT2D eigenvalue weighted by molar-refractivity contribution is 0.235. The summed E-state index contributed by atoms with van der Waals surface area (Å²) in [6, 6.07) is 8.51. The quantitative estimate of drug-likeness (QED) is 0.488. The number of carbonyl (C=O) groups excluding carboxylic acids is 1. The summed E-state index contributed by atoms with van der Waals surface area (Å²) < 4.78 is 25.4. The molecule has 1 fully saturated rings. The van der Waals surface area contributed by atoms with Crippen LogP contribution in [0.5, 0.6) is 0 Å². The zero-order valence-corrected chi connectivity index (χ0v) is 18.4. The summed E-state index contributed by atoms with van der Waals surface area (Å²) in [4.78, 5) is 25.2. The molecule has 0 spiro atoms. The van der Waals surface area contributed by atoms with Crippen molar-refractivity contribution in [1.29, 1.82) is 0 Å². The standard InChI is InChI=1S/C20H29N7O3S/c1-31(29,30)25-18-7-3-2-6-17(18)16-24-20(28)23-10-5-11-26-12-14-27(15-13-26)19-21-8-4-9-22-19/h2-4,6-9,25H,5,10-16H2,1H3,(H2,23,24,28). The molecule has 1 saturated heterocycles. The van der Waals surface area contributed by atoms with Crippen LogP contribution in [0, 0.1) is 0 Å². The summed E-state index contributed by atoms with van der Waals surface area (Å²) in [6.45, 7) is 5.36. The number of nitrogens with zero attached hydrogens (tertiary/aromatic N) is 4. The van der Waals surface area contributed by atoms with E-state index in [1.165, 1.54) is 0 Å². The van der Waals surface area contributed by atoms with Crippen molar-refractivity contribution in [2.75, 3.05) is 55.1 Å². The average Bonchev–Trinajstić information content (AvgIpc) is 2.76. The number of piperazine rings is 1. The Labute approximate surface area is 183 Å². The number of aromatic nitrogens is 2. The van der Waals surface area contributed by atoms with Gasteiger partial charge in [-0.2, -0.15) is 0 Å². The van der Waals surface area contributed by atoms with Gasteiger partial charge < -0.3 is 15.5 Å². The van der Waals surface area contributed by atoms with E-state index in [1.54, 1.807) is 36.7 Å². The molecule has 10 nitrogen and oxygen atoms in total. The van der Waals surface area contributed by atoms with Gasteiger partial charge in [0, 0.05) is 51.7 Å². The van der Waals surface area contributed by atoms with E-state index in [-0.39, 0.29) is 12.6 Å². The zero-order chi connectivity index (χ0) is 22.1. The van der Waals surface area contributed by atoms with Crippen molar-refractivity contribution < 1.29 is 13.2 Å². The second-order valence-electron chi connectivity index (χ2n) is 7.37. The molecule has 3 N–H and O–H groups in total. The topological polar surface area (TPSA) is 120 Å². The van der Waals surface area contributed by atoms with E-state index in [0.29, 0.717) is 17.8 Å². The Bertz CT molecular complexity index is 948. The molecule has 0 bridgehead atoms. The van der Waals surface area contributed by atoms with Gasteiger partial charge in [0.25, 0.3) is 0 Å². The van der Waals surface area contributed by atoms with Crippen LogP contribution >= 0.6 is 0 Å². The normalized spacial score (nSPS) is 14.8. The Balaban J connectivity index is 1.32. The highest BCUT2D eigenvalue weighted by atomic mass is 32.2. The van der Waals surface area contributed by atoms with Gasteiger partial charge >= 0.3 is 6.03 Å². The molecule has 0 atom stereocenters. The molecule has 1 aliphatic rings. The summed E-state index contributed by atoms with van der Waals surface area (Å²) >= 11 is 0. The molecule has 1 aromatic carbocycles. The molecule has 1 aromatic heterocycles. The first-order valence-corrected chi connectivity index (χ1v) is 12.1. The van der Waals surface area contributed by atoms with E-state index in [9.17, 15) is 13.2 Å². The minimum absolute atomic E-state index is 0.230. The van der Waals surface area contributed by atoms with Crippen LogP contribution in [0.25, 0.3) is 0 Å². The van der Waals surface area contributed by atoms with Crippen molar-refractivity contribution in [3.05, 3.63) is 48.3 Å². The van der Waals surface area contributed by atoms with Gasteiger partial charge in [-0.1, -0.05) is 18.2 Å². The third-order valence-corrected chi connectivity index (χ3v) is 5.49. The first-order chi connectivity index (χ1) is 14.9. The second-order valence-corrected chi connectivity index (χ2v) is 9.12. The molecular weight excluding hydrogens is 418 g/mol. The number of anilines is 2. The highest BCUT2D eigenvalue weighted by Crippen LogP contribution is 2.15. The van der Waals surface area contributed by atoms with E-state index in [4.69, 9.17) is 0 Å². The summed E-state index contributed by atoms with van der Waals surface area (Å²) in [5.74, 6) is 0.772. The predicted molar refractivity (Wildman–Crippen MR) is 120 cm³/mol. The Morgan fingerprint density at radius 2 is 1.74 bits per heavy atom. The predicted octanol–water partition coefficient (Wildman–Crippen LogP) is 0.860. The third-order valence-electron chi connectivity index (χ3n) is 4.90. The zero-order valence-electron chi connectivity index (χ0n) is 17.6. The molecule has 168 valence electrons. The Morgan fingerprint density at radius 3 is 2.45 bits per heavy atom. The summed E-state index contributed by atoms with van der Waals surface area (Å²) in [7, 11) is -3.38. The van der Waals surface area contributed by atoms with Crippen molar-refractivity contribution >= 4 is 27.7 Å². The number of hydrogen-bond acceptors (Lipinski definition) is 7. The van der Waals surface area contributed by atoms with Gasteiger partial charge in [0.2, 0.25) is 16.0 Å². The maximum Gasteiger partial charge on any atom is 0.315 e. The SMILES string of the molecule is CS(=O)(=O)Nc1ccccc1CNC(=O)NCCCN1CCN(c2ncccn2)CC1. The van der Waals surface area contributed by atoms with Crippen molar-refractivity contribution in [2.45, 2.75) is 13.0 Å². The molecular formula is C20H29N7O3S. The largest absolute Gasteiger partial charge is 0.338 e. The minimum atomic E-state index is -3.38. The summed E-state index contributed by atoms with van der Waals surface area (Å²) in [6.07, 6.45) is 5.46. The number of amides is 2. The van der Waals surface area contributed by atoms with Crippen LogP contribution in [0.4, 0.5) is 16.4 Å². The number of sulfonamides is 1. The van der Waals surface area contributed by atoms with Crippen LogP contribution in [0.1, 0.15) is 12.0 Å². The van der Waals surface area contributed by atoms with E-state index in [1.807, 2.05) is 6.07 Å². The van der Waals surface area contributed by atoms with Crippen LogP contribution in [0.3, 0.4) is 0 Å². The molecule has 2 heterocycles. The molecule has 0 radical (unpaired) electrons. The molecule has 31 heavy (non-hydrogen) atoms. The van der Waals surface area contributed by atoms with Gasteiger partial charge in [0.1, 0.15) is 0 Å². The molecule has 2 aromatic rings. The molecule has 0 aliphatic carbocycles. The lowest BCUT2D eigenvalue weighted by Gasteiger charge is -2.34. The molecule has 0 unspecified atom stereocenters. The first-order valence-electron chi connectivity index (χ1n) is 10.2. The Hall–Kier alpha value is -2.92. The number of para-hydroxylation sites is 1. The van der Waals surface area contributed by atoms with E-state index >= 15 is 0 Å². The van der Waals surface area contributed by atoms with Gasteiger partial charge in [-0.15, -0.1) is 0 Å². The first kappa shape index (κ1) is 22.8. The Morgan fingerprint density at radius 1 is 1.03 bits per heavy atom. The third kappa shape index (κ3) is 7.68. The number of hydrogen-bond donors (Lipinski definition) is 3. The lowest BCUT2D eigenvalue weighted by atomic mass is 10.2. The van der Waals surface area contributed by atoms with Crippen molar-refractivity contribution in [1.82, 2.24) is 25.5 Å². The van der Waals surface area contributed by atoms with E-state index in [0.717, 1.165) is 51.3 Å². The molecule has 11 heteroatoms. The van der Waals surface area contributed by atoms with Crippen molar-refractivity contribution in [3.63, 3.8) is 0 Å². The van der Waals surface area contributed by atoms with Crippen LogP contribution in [-0.2, 0) is 16.6 Å². The number of benzene rings is 1. The average molecular weight is 448 g/mol. The molecule has 1 aliphatic heterocycles. The number of rotatable bonds is 9. The minimum Gasteiger partial charge on any atom is -0.338 e. The van der Waals surface area contributed by atoms with Gasteiger partial charge in [-0.05, 0) is 30.7 Å². The van der Waals surface area contributed by atoms with Crippen molar-refractivity contribution in [2.24, 2.45) is 0 Å². The maximum absolute atomic E-state index is 12.1. The smallest absolute Gasteiger partial charge is 0.315 e. The molecule has 0 saturated carbocycles. The molecule has 3 rings (SSSR count). The summed E-state index contributed by atoms with van der Waals surface area (Å²) in [5.41, 5.74) is 1.16. The highest BCUT2D eigenvalue weighted by molar-refractivity contribution is 7.92. The number of carbonyl (C=O) groups is 1. The van der Waals surface area contributed by atoms with Crippen LogP contribution in [-0.4, -0.2) is 74.8 Å². The Kier molecular flexibility index (Phi) is 8.01.